The summed E-state index contributed by atoms with van der Waals surface area (Å²) in [5, 5.41) is 0.351. The van der Waals surface area contributed by atoms with Crippen LogP contribution in [0.25, 0.3) is 0 Å². The van der Waals surface area contributed by atoms with E-state index in [9.17, 15) is 22.4 Å². The number of ketones is 1. The minimum Gasteiger partial charge on any atom is -0.294 e. The second-order valence-corrected chi connectivity index (χ2v) is 4.79. The Labute approximate surface area is 123 Å². The fourth-order valence-corrected chi connectivity index (χ4v) is 2.04. The maximum atomic E-state index is 13.2. The van der Waals surface area contributed by atoms with E-state index >= 15 is 0 Å². The van der Waals surface area contributed by atoms with Crippen LogP contribution in [0.15, 0.2) is 42.5 Å². The molecule has 110 valence electrons. The van der Waals surface area contributed by atoms with E-state index in [1.165, 1.54) is 0 Å². The summed E-state index contributed by atoms with van der Waals surface area (Å²) in [4.78, 5) is 12.0. The van der Waals surface area contributed by atoms with Crippen LogP contribution in [0.5, 0.6) is 0 Å². The van der Waals surface area contributed by atoms with Gasteiger partial charge in [-0.15, -0.1) is 0 Å². The van der Waals surface area contributed by atoms with Crippen LogP contribution in [0, 0.1) is 5.82 Å². The van der Waals surface area contributed by atoms with Gasteiger partial charge in [0.05, 0.1) is 5.56 Å². The Hall–Kier alpha value is -1.88. The summed E-state index contributed by atoms with van der Waals surface area (Å²) in [6, 6.07) is 8.72. The van der Waals surface area contributed by atoms with Crippen molar-refractivity contribution >= 4 is 17.4 Å². The number of rotatable bonds is 3. The van der Waals surface area contributed by atoms with Crippen molar-refractivity contribution in [1.29, 1.82) is 0 Å². The van der Waals surface area contributed by atoms with Crippen molar-refractivity contribution in [2.24, 2.45) is 0 Å². The van der Waals surface area contributed by atoms with Gasteiger partial charge >= 0.3 is 6.18 Å². The van der Waals surface area contributed by atoms with Gasteiger partial charge in [0.25, 0.3) is 0 Å². The first kappa shape index (κ1) is 15.5. The molecule has 0 heterocycles. The average Bonchev–Trinajstić information content (AvgIpc) is 2.40. The zero-order valence-corrected chi connectivity index (χ0v) is 11.3. The normalized spacial score (nSPS) is 11.5. The number of carbonyl (C=O) groups excluding carboxylic acids is 1. The van der Waals surface area contributed by atoms with Crippen LogP contribution in [0.3, 0.4) is 0 Å². The van der Waals surface area contributed by atoms with Crippen molar-refractivity contribution in [3.05, 3.63) is 70.0 Å². The lowest BCUT2D eigenvalue weighted by Crippen LogP contribution is -2.11. The predicted octanol–water partition coefficient (Wildman–Crippen LogP) is 4.92. The van der Waals surface area contributed by atoms with Gasteiger partial charge in [0.15, 0.2) is 5.78 Å². The van der Waals surface area contributed by atoms with Gasteiger partial charge in [-0.1, -0.05) is 29.8 Å². The average molecular weight is 317 g/mol. The first-order valence-corrected chi connectivity index (χ1v) is 6.30. The lowest BCUT2D eigenvalue weighted by molar-refractivity contribution is -0.140. The fourth-order valence-electron chi connectivity index (χ4n) is 1.83. The van der Waals surface area contributed by atoms with Gasteiger partial charge in [-0.2, -0.15) is 13.2 Å². The van der Waals surface area contributed by atoms with Gasteiger partial charge in [0.1, 0.15) is 5.82 Å². The van der Waals surface area contributed by atoms with Crippen molar-refractivity contribution in [2.75, 3.05) is 0 Å². The molecule has 0 saturated carbocycles. The Morgan fingerprint density at radius 2 is 1.76 bits per heavy atom. The van der Waals surface area contributed by atoms with E-state index in [0.29, 0.717) is 22.7 Å². The summed E-state index contributed by atoms with van der Waals surface area (Å²) >= 11 is 5.89. The highest BCUT2D eigenvalue weighted by Gasteiger charge is 2.34. The Morgan fingerprint density at radius 1 is 1.10 bits per heavy atom. The monoisotopic (exact) mass is 316 g/mol. The van der Waals surface area contributed by atoms with Crippen LogP contribution in [0.1, 0.15) is 21.5 Å². The third kappa shape index (κ3) is 3.61. The number of hydrogen-bond donors (Lipinski definition) is 0. The van der Waals surface area contributed by atoms with Crippen LogP contribution >= 0.6 is 11.6 Å². The Balaban J connectivity index is 2.31. The molecular weight excluding hydrogens is 308 g/mol. The number of alkyl halides is 3. The van der Waals surface area contributed by atoms with Crippen LogP contribution in [-0.2, 0) is 12.6 Å². The summed E-state index contributed by atoms with van der Waals surface area (Å²) in [5.41, 5.74) is -1.15. The first-order chi connectivity index (χ1) is 9.79. The summed E-state index contributed by atoms with van der Waals surface area (Å²) in [7, 11) is 0. The van der Waals surface area contributed by atoms with Crippen LogP contribution in [0.2, 0.25) is 5.02 Å². The lowest BCUT2D eigenvalue weighted by Gasteiger charge is -2.10. The van der Waals surface area contributed by atoms with E-state index in [0.717, 1.165) is 6.07 Å². The van der Waals surface area contributed by atoms with Crippen molar-refractivity contribution < 1.29 is 22.4 Å². The van der Waals surface area contributed by atoms with E-state index in [2.05, 4.69) is 0 Å². The molecule has 2 aromatic rings. The molecule has 0 spiro atoms. The second-order valence-electron chi connectivity index (χ2n) is 4.38. The van der Waals surface area contributed by atoms with Crippen molar-refractivity contribution in [3.63, 3.8) is 0 Å². The quantitative estimate of drug-likeness (QED) is 0.580. The van der Waals surface area contributed by atoms with Crippen LogP contribution < -0.4 is 0 Å². The van der Waals surface area contributed by atoms with Gasteiger partial charge in [0.2, 0.25) is 0 Å². The summed E-state index contributed by atoms with van der Waals surface area (Å²) in [6.07, 6.45) is -4.99. The second kappa shape index (κ2) is 5.85. The van der Waals surface area contributed by atoms with Gasteiger partial charge in [-0.25, -0.2) is 4.39 Å². The number of Topliss-reactive ketones (excluding diaryl/α,β-unsaturated/α-hetero) is 1. The fraction of sp³-hybridized carbons (Fsp3) is 0.133. The molecule has 0 fully saturated rings. The Morgan fingerprint density at radius 3 is 2.38 bits per heavy atom. The molecular formula is C15H9ClF4O. The van der Waals surface area contributed by atoms with E-state index in [1.54, 1.807) is 24.3 Å². The highest BCUT2D eigenvalue weighted by molar-refractivity contribution is 6.31. The molecule has 0 aromatic heterocycles. The zero-order valence-electron chi connectivity index (χ0n) is 10.5. The molecule has 1 nitrogen and oxygen atoms in total. The molecule has 0 aliphatic carbocycles. The summed E-state index contributed by atoms with van der Waals surface area (Å²) < 4.78 is 51.0. The largest absolute Gasteiger partial charge is 0.419 e. The number of benzene rings is 2. The third-order valence-corrected chi connectivity index (χ3v) is 3.27. The Kier molecular flexibility index (Phi) is 4.32. The molecule has 21 heavy (non-hydrogen) atoms. The molecule has 0 radical (unpaired) electrons. The SMILES string of the molecule is O=C(Cc1ccccc1Cl)c1ccc(F)c(C(F)(F)F)c1. The van der Waals surface area contributed by atoms with Crippen LogP contribution in [-0.4, -0.2) is 5.78 Å². The molecule has 0 aliphatic rings. The smallest absolute Gasteiger partial charge is 0.294 e. The van der Waals surface area contributed by atoms with Crippen LogP contribution in [0.4, 0.5) is 17.6 Å². The van der Waals surface area contributed by atoms with Crippen molar-refractivity contribution in [2.45, 2.75) is 12.6 Å². The maximum Gasteiger partial charge on any atom is 0.419 e. The molecule has 2 aromatic carbocycles. The minimum absolute atomic E-state index is 0.150. The van der Waals surface area contributed by atoms with E-state index in [4.69, 9.17) is 11.6 Å². The van der Waals surface area contributed by atoms with E-state index in [1.807, 2.05) is 0 Å². The molecule has 0 aliphatic heterocycles. The van der Waals surface area contributed by atoms with Gasteiger partial charge in [-0.05, 0) is 29.8 Å². The highest BCUT2D eigenvalue weighted by Crippen LogP contribution is 2.32. The molecule has 0 atom stereocenters. The van der Waals surface area contributed by atoms with Crippen molar-refractivity contribution in [1.82, 2.24) is 0 Å². The summed E-state index contributed by atoms with van der Waals surface area (Å²) in [6.45, 7) is 0. The number of carbonyl (C=O) groups is 1. The topological polar surface area (TPSA) is 17.1 Å². The maximum absolute atomic E-state index is 13.2. The van der Waals surface area contributed by atoms with Gasteiger partial charge < -0.3 is 0 Å². The van der Waals surface area contributed by atoms with Gasteiger partial charge in [0, 0.05) is 17.0 Å². The lowest BCUT2D eigenvalue weighted by atomic mass is 10.0. The minimum atomic E-state index is -4.84. The number of halogens is 5. The molecule has 0 N–H and O–H groups in total. The van der Waals surface area contributed by atoms with Crippen molar-refractivity contribution in [3.8, 4) is 0 Å². The van der Waals surface area contributed by atoms with E-state index < -0.39 is 23.3 Å². The molecule has 0 amide bonds. The number of hydrogen-bond acceptors (Lipinski definition) is 1. The first-order valence-electron chi connectivity index (χ1n) is 5.92. The molecule has 6 heteroatoms. The molecule has 0 unspecified atom stereocenters. The van der Waals surface area contributed by atoms with E-state index in [-0.39, 0.29) is 12.0 Å². The molecule has 0 saturated heterocycles. The molecule has 2 rings (SSSR count). The molecule has 0 bridgehead atoms. The highest BCUT2D eigenvalue weighted by atomic mass is 35.5. The zero-order chi connectivity index (χ0) is 15.6. The Bertz CT molecular complexity index is 680. The van der Waals surface area contributed by atoms with Gasteiger partial charge in [-0.3, -0.25) is 4.79 Å². The standard InChI is InChI=1S/C15H9ClF4O/c16-12-4-2-1-3-9(12)8-14(21)10-5-6-13(17)11(7-10)15(18,19)20/h1-7H,8H2. The third-order valence-electron chi connectivity index (χ3n) is 2.90. The predicted molar refractivity (Wildman–Crippen MR) is 70.9 cm³/mol. The summed E-state index contributed by atoms with van der Waals surface area (Å²) in [5.74, 6) is -1.97.